The molecule has 0 atom stereocenters. The van der Waals surface area contributed by atoms with Crippen LogP contribution >= 0.6 is 0 Å². The van der Waals surface area contributed by atoms with E-state index in [1.165, 1.54) is 10.8 Å². The van der Waals surface area contributed by atoms with Gasteiger partial charge < -0.3 is 12.6 Å². The minimum atomic E-state index is 0. The van der Waals surface area contributed by atoms with Crippen LogP contribution in [0.15, 0.2) is 47.4 Å². The topological polar surface area (TPSA) is 0 Å². The number of fused-ring (bicyclic) bond motifs is 1. The van der Waals surface area contributed by atoms with Crippen molar-refractivity contribution in [2.24, 2.45) is 0 Å². The summed E-state index contributed by atoms with van der Waals surface area (Å²) in [7, 11) is 0. The summed E-state index contributed by atoms with van der Waals surface area (Å²) in [6, 6.07) is 14.2. The van der Waals surface area contributed by atoms with Gasteiger partial charge in [0.15, 0.2) is 0 Å². The second kappa shape index (κ2) is 4.24. The van der Waals surface area contributed by atoms with Crippen LogP contribution in [-0.4, -0.2) is 0 Å². The molecule has 2 heteroatoms. The van der Waals surface area contributed by atoms with Crippen molar-refractivity contribution in [2.75, 3.05) is 0 Å². The maximum Gasteiger partial charge on any atom is 1.00 e. The Morgan fingerprint density at radius 1 is 0.833 bits per heavy atom. The van der Waals surface area contributed by atoms with Gasteiger partial charge in [-0.1, -0.05) is 42.5 Å². The molecular formula is C10H7NaS. The molecule has 12 heavy (non-hydrogen) atoms. The summed E-state index contributed by atoms with van der Waals surface area (Å²) in [4.78, 5) is 0.933. The standard InChI is InChI=1S/C10H8S.Na/c11-10-7-3-5-8-4-1-2-6-9(8)10;/h1-7,11H;/q;+1/p-1. The van der Waals surface area contributed by atoms with E-state index in [2.05, 4.69) is 18.2 Å². The van der Waals surface area contributed by atoms with E-state index < -0.39 is 0 Å². The molecule has 54 valence electrons. The normalized spacial score (nSPS) is 9.33. The Morgan fingerprint density at radius 3 is 2.25 bits per heavy atom. The summed E-state index contributed by atoms with van der Waals surface area (Å²) in [5, 5.41) is 2.39. The molecule has 0 radical (unpaired) electrons. The van der Waals surface area contributed by atoms with E-state index in [9.17, 15) is 0 Å². The van der Waals surface area contributed by atoms with Crippen molar-refractivity contribution in [1.29, 1.82) is 0 Å². The SMILES string of the molecule is [Na+].[S-]c1cccc2ccccc12. The average molecular weight is 182 g/mol. The average Bonchev–Trinajstić information content (AvgIpc) is 2.06. The van der Waals surface area contributed by atoms with Gasteiger partial charge in [0.2, 0.25) is 0 Å². The van der Waals surface area contributed by atoms with Gasteiger partial charge in [0, 0.05) is 0 Å². The van der Waals surface area contributed by atoms with Crippen LogP contribution in [0.25, 0.3) is 10.8 Å². The summed E-state index contributed by atoms with van der Waals surface area (Å²) in [6.45, 7) is 0. The third-order valence-electron chi connectivity index (χ3n) is 1.75. The molecule has 0 saturated heterocycles. The second-order valence-electron chi connectivity index (χ2n) is 2.48. The Balaban J connectivity index is 0.000000720. The van der Waals surface area contributed by atoms with Crippen molar-refractivity contribution in [3.8, 4) is 0 Å². The molecule has 2 rings (SSSR count). The molecule has 0 amide bonds. The van der Waals surface area contributed by atoms with Crippen LogP contribution in [0, 0.1) is 0 Å². The van der Waals surface area contributed by atoms with Crippen LogP contribution in [-0.2, 0) is 12.6 Å². The van der Waals surface area contributed by atoms with Crippen LogP contribution < -0.4 is 29.6 Å². The molecule has 2 aromatic carbocycles. The van der Waals surface area contributed by atoms with E-state index in [1.807, 2.05) is 24.3 Å². The van der Waals surface area contributed by atoms with Crippen molar-refractivity contribution in [3.05, 3.63) is 42.5 Å². The molecule has 2 aromatic rings. The molecule has 0 aliphatic carbocycles. The van der Waals surface area contributed by atoms with Crippen molar-refractivity contribution in [1.82, 2.24) is 0 Å². The van der Waals surface area contributed by atoms with Crippen LogP contribution in [0.1, 0.15) is 0 Å². The Labute approximate surface area is 99.7 Å². The fraction of sp³-hybridized carbons (Fsp3) is 0. The Morgan fingerprint density at radius 2 is 1.50 bits per heavy atom. The van der Waals surface area contributed by atoms with Gasteiger partial charge in [-0.15, -0.1) is 0 Å². The van der Waals surface area contributed by atoms with E-state index in [1.54, 1.807) is 0 Å². The summed E-state index contributed by atoms with van der Waals surface area (Å²) in [5.41, 5.74) is 0. The first kappa shape index (κ1) is 10.0. The zero-order valence-corrected chi connectivity index (χ0v) is 9.77. The maximum atomic E-state index is 5.15. The van der Waals surface area contributed by atoms with Gasteiger partial charge >= 0.3 is 29.6 Å². The van der Waals surface area contributed by atoms with Gasteiger partial charge in [-0.25, -0.2) is 0 Å². The van der Waals surface area contributed by atoms with Crippen molar-refractivity contribution in [3.63, 3.8) is 0 Å². The van der Waals surface area contributed by atoms with Gasteiger partial charge in [0.25, 0.3) is 0 Å². The van der Waals surface area contributed by atoms with Gasteiger partial charge in [-0.05, 0) is 10.8 Å². The first-order valence-electron chi connectivity index (χ1n) is 3.53. The third kappa shape index (κ3) is 1.80. The number of benzene rings is 2. The quantitative estimate of drug-likeness (QED) is 0.400. The van der Waals surface area contributed by atoms with Crippen LogP contribution in [0.5, 0.6) is 0 Å². The van der Waals surface area contributed by atoms with Gasteiger partial charge in [-0.3, -0.25) is 0 Å². The fourth-order valence-electron chi connectivity index (χ4n) is 1.20. The predicted octanol–water partition coefficient (Wildman–Crippen LogP) is -0.250. The molecule has 0 aliphatic heterocycles. The molecule has 0 aliphatic rings. The molecular weight excluding hydrogens is 175 g/mol. The van der Waals surface area contributed by atoms with Crippen LogP contribution in [0.2, 0.25) is 0 Å². The molecule has 0 nitrogen and oxygen atoms in total. The number of hydrogen-bond donors (Lipinski definition) is 0. The smallest absolute Gasteiger partial charge is 0.779 e. The van der Waals surface area contributed by atoms with Crippen molar-refractivity contribution < 1.29 is 29.6 Å². The molecule has 0 fully saturated rings. The van der Waals surface area contributed by atoms with Gasteiger partial charge in [0.05, 0.1) is 0 Å². The second-order valence-corrected chi connectivity index (χ2v) is 2.92. The van der Waals surface area contributed by atoms with E-state index in [-0.39, 0.29) is 29.6 Å². The molecule has 0 unspecified atom stereocenters. The van der Waals surface area contributed by atoms with E-state index in [4.69, 9.17) is 12.6 Å². The minimum Gasteiger partial charge on any atom is -0.779 e. The first-order chi connectivity index (χ1) is 5.38. The number of rotatable bonds is 0. The summed E-state index contributed by atoms with van der Waals surface area (Å²) < 4.78 is 0. The van der Waals surface area contributed by atoms with Crippen molar-refractivity contribution in [2.45, 2.75) is 4.90 Å². The van der Waals surface area contributed by atoms with Crippen molar-refractivity contribution >= 4 is 23.4 Å². The molecule has 0 bridgehead atoms. The van der Waals surface area contributed by atoms with Gasteiger partial charge in [-0.2, -0.15) is 4.90 Å². The molecule has 0 aromatic heterocycles. The fourth-order valence-corrected chi connectivity index (χ4v) is 1.46. The van der Waals surface area contributed by atoms with E-state index in [0.717, 1.165) is 4.90 Å². The summed E-state index contributed by atoms with van der Waals surface area (Å²) in [5.74, 6) is 0. The minimum absolute atomic E-state index is 0. The third-order valence-corrected chi connectivity index (χ3v) is 2.11. The maximum absolute atomic E-state index is 5.15. The summed E-state index contributed by atoms with van der Waals surface area (Å²) in [6.07, 6.45) is 0. The summed E-state index contributed by atoms with van der Waals surface area (Å²) >= 11 is 5.15. The largest absolute Gasteiger partial charge is 1.00 e. The number of hydrogen-bond acceptors (Lipinski definition) is 1. The molecule has 0 N–H and O–H groups in total. The molecule has 0 saturated carbocycles. The molecule has 0 spiro atoms. The van der Waals surface area contributed by atoms with Gasteiger partial charge in [0.1, 0.15) is 0 Å². The van der Waals surface area contributed by atoms with E-state index in [0.29, 0.717) is 0 Å². The van der Waals surface area contributed by atoms with Crippen LogP contribution in [0.3, 0.4) is 0 Å². The zero-order valence-electron chi connectivity index (χ0n) is 6.95. The van der Waals surface area contributed by atoms with E-state index >= 15 is 0 Å². The first-order valence-corrected chi connectivity index (χ1v) is 3.93. The Bertz CT molecular complexity index is 379. The predicted molar refractivity (Wildman–Crippen MR) is 49.6 cm³/mol. The Kier molecular flexibility index (Phi) is 3.53. The monoisotopic (exact) mass is 182 g/mol. The zero-order chi connectivity index (χ0) is 7.68. The Hall–Kier alpha value is -0.0800. The molecule has 0 heterocycles. The van der Waals surface area contributed by atoms with Crippen LogP contribution in [0.4, 0.5) is 0 Å².